The zero-order valence-electron chi connectivity index (χ0n) is 22.3. The molecule has 1 saturated carbocycles. The molecule has 0 bridgehead atoms. The number of fused-ring (bicyclic) bond motifs is 2. The van der Waals surface area contributed by atoms with Crippen LogP contribution in [0.3, 0.4) is 0 Å². The topological polar surface area (TPSA) is 95.2 Å². The molecule has 0 aliphatic heterocycles. The summed E-state index contributed by atoms with van der Waals surface area (Å²) >= 11 is 0. The first-order valence-corrected chi connectivity index (χ1v) is 13.8. The first-order chi connectivity index (χ1) is 19.6. The van der Waals surface area contributed by atoms with E-state index < -0.39 is 0 Å². The van der Waals surface area contributed by atoms with E-state index >= 15 is 0 Å². The number of pyridine rings is 3. The van der Waals surface area contributed by atoms with Crippen LogP contribution >= 0.6 is 0 Å². The lowest BCUT2D eigenvalue weighted by Crippen LogP contribution is -2.20. The molecule has 0 saturated heterocycles. The minimum atomic E-state index is -0.260. The number of aryl methyl sites for hydroxylation is 1. The van der Waals surface area contributed by atoms with Gasteiger partial charge in [-0.05, 0) is 79.3 Å². The van der Waals surface area contributed by atoms with Gasteiger partial charge >= 0.3 is 0 Å². The van der Waals surface area contributed by atoms with E-state index in [4.69, 9.17) is 4.98 Å². The van der Waals surface area contributed by atoms with Gasteiger partial charge in [-0.25, -0.2) is 4.39 Å². The largest absolute Gasteiger partial charge is 0.352 e. The van der Waals surface area contributed by atoms with E-state index in [-0.39, 0.29) is 5.82 Å². The Labute approximate surface area is 231 Å². The van der Waals surface area contributed by atoms with Crippen LogP contribution in [0, 0.1) is 18.7 Å². The summed E-state index contributed by atoms with van der Waals surface area (Å²) in [6.07, 6.45) is 14.5. The highest BCUT2D eigenvalue weighted by atomic mass is 19.1. The molecule has 0 radical (unpaired) electrons. The van der Waals surface area contributed by atoms with Gasteiger partial charge in [0.2, 0.25) is 0 Å². The molecule has 3 N–H and O–H groups in total. The molecular weight excluding hydrogens is 501 g/mol. The molecule has 1 aliphatic rings. The van der Waals surface area contributed by atoms with Crippen molar-refractivity contribution < 1.29 is 4.39 Å². The number of rotatable bonds is 7. The predicted molar refractivity (Wildman–Crippen MR) is 156 cm³/mol. The molecule has 1 aromatic carbocycles. The van der Waals surface area contributed by atoms with Crippen molar-refractivity contribution in [3.8, 4) is 33.8 Å². The van der Waals surface area contributed by atoms with Gasteiger partial charge in [-0.1, -0.05) is 18.9 Å². The summed E-state index contributed by atoms with van der Waals surface area (Å²) in [6, 6.07) is 11.3. The van der Waals surface area contributed by atoms with Crippen LogP contribution in [0.4, 0.5) is 4.39 Å². The zero-order valence-corrected chi connectivity index (χ0v) is 22.3. The van der Waals surface area contributed by atoms with Gasteiger partial charge in [-0.15, -0.1) is 0 Å². The molecule has 5 heterocycles. The van der Waals surface area contributed by atoms with Crippen molar-refractivity contribution in [3.63, 3.8) is 0 Å². The fraction of sp³-hybridized carbons (Fsp3) is 0.250. The number of hydrogen-bond donors (Lipinski definition) is 3. The fourth-order valence-corrected chi connectivity index (χ4v) is 5.94. The summed E-state index contributed by atoms with van der Waals surface area (Å²) in [5.74, 6) is 0.540. The van der Waals surface area contributed by atoms with Crippen LogP contribution in [-0.2, 0) is 6.54 Å². The smallest absolute Gasteiger partial charge is 0.124 e. The number of aromatic amines is 2. The number of hydrogen-bond acceptors (Lipinski definition) is 5. The first kappa shape index (κ1) is 24.6. The molecule has 7 rings (SSSR count). The number of nitrogens with one attached hydrogen (secondary N) is 3. The third-order valence-corrected chi connectivity index (χ3v) is 7.93. The van der Waals surface area contributed by atoms with Gasteiger partial charge in [0, 0.05) is 47.0 Å². The lowest BCUT2D eigenvalue weighted by Gasteiger charge is -2.11. The molecule has 6 aromatic rings. The summed E-state index contributed by atoms with van der Waals surface area (Å²) < 4.78 is 14.2. The highest BCUT2D eigenvalue weighted by molar-refractivity contribution is 6.01. The lowest BCUT2D eigenvalue weighted by atomic mass is 10.0. The molecular formula is C32H30FN7. The molecule has 0 atom stereocenters. The second kappa shape index (κ2) is 10.3. The lowest BCUT2D eigenvalue weighted by molar-refractivity contribution is 0.489. The Hall–Kier alpha value is -4.43. The van der Waals surface area contributed by atoms with Crippen molar-refractivity contribution in [1.29, 1.82) is 0 Å². The molecule has 8 heteroatoms. The molecule has 7 nitrogen and oxygen atoms in total. The summed E-state index contributed by atoms with van der Waals surface area (Å²) in [5, 5.41) is 13.3. The average molecular weight is 532 g/mol. The van der Waals surface area contributed by atoms with Crippen LogP contribution in [0.15, 0.2) is 67.4 Å². The van der Waals surface area contributed by atoms with E-state index in [1.54, 1.807) is 18.5 Å². The monoisotopic (exact) mass is 531 g/mol. The van der Waals surface area contributed by atoms with Gasteiger partial charge in [0.05, 0.1) is 34.8 Å². The van der Waals surface area contributed by atoms with Gasteiger partial charge in [-0.2, -0.15) is 5.10 Å². The third-order valence-electron chi connectivity index (χ3n) is 7.93. The van der Waals surface area contributed by atoms with Crippen molar-refractivity contribution >= 4 is 21.8 Å². The van der Waals surface area contributed by atoms with E-state index in [2.05, 4.69) is 48.7 Å². The summed E-state index contributed by atoms with van der Waals surface area (Å²) in [6.45, 7) is 3.75. The molecule has 5 aromatic heterocycles. The number of nitrogens with zero attached hydrogens (tertiary/aromatic N) is 4. The minimum Gasteiger partial charge on any atom is -0.352 e. The summed E-state index contributed by atoms with van der Waals surface area (Å²) in [7, 11) is 0. The maximum atomic E-state index is 14.2. The normalized spacial score (nSPS) is 14.1. The Bertz CT molecular complexity index is 1810. The Morgan fingerprint density at radius 3 is 2.62 bits per heavy atom. The predicted octanol–water partition coefficient (Wildman–Crippen LogP) is 6.96. The van der Waals surface area contributed by atoms with Crippen molar-refractivity contribution in [2.45, 2.75) is 39.2 Å². The van der Waals surface area contributed by atoms with Crippen molar-refractivity contribution in [3.05, 3.63) is 84.3 Å². The molecule has 1 aliphatic carbocycles. The Kier molecular flexibility index (Phi) is 6.32. The average Bonchev–Trinajstić information content (AvgIpc) is 3.71. The van der Waals surface area contributed by atoms with Gasteiger partial charge in [0.25, 0.3) is 0 Å². The number of H-pyrrole nitrogens is 2. The minimum absolute atomic E-state index is 0.260. The van der Waals surface area contributed by atoms with E-state index in [0.29, 0.717) is 0 Å². The highest BCUT2D eigenvalue weighted by Gasteiger charge is 2.17. The van der Waals surface area contributed by atoms with Crippen LogP contribution in [0.1, 0.15) is 36.8 Å². The standard InChI is InChI=1S/C32H30FN7/c1-19-6-22(9-24(33)7-19)27-16-36-17-30-25(27)10-29(38-30)32-26-11-28(37-18-31(26)39-40-32)23-8-21(14-35-15-23)13-34-12-20-4-2-3-5-20/h6-11,14-18,20,34,38H,2-5,12-13H2,1H3,(H,39,40). The molecule has 1 fully saturated rings. The quantitative estimate of drug-likeness (QED) is 0.207. The van der Waals surface area contributed by atoms with E-state index in [9.17, 15) is 4.39 Å². The number of benzene rings is 1. The summed E-state index contributed by atoms with van der Waals surface area (Å²) in [5.41, 5.74) is 8.84. The van der Waals surface area contributed by atoms with Gasteiger partial charge < -0.3 is 10.3 Å². The Morgan fingerprint density at radius 1 is 0.875 bits per heavy atom. The van der Waals surface area contributed by atoms with Crippen molar-refractivity contribution in [1.82, 2.24) is 35.5 Å². The van der Waals surface area contributed by atoms with Crippen LogP contribution in [0.25, 0.3) is 55.6 Å². The Morgan fingerprint density at radius 2 is 1.75 bits per heavy atom. The SMILES string of the molecule is Cc1cc(F)cc(-c2cncc3[nH]c(-c4n[nH]c5cnc(-c6cncc(CNCC7CCCC7)c6)cc45)cc23)c1. The second-order valence-electron chi connectivity index (χ2n) is 10.9. The van der Waals surface area contributed by atoms with Crippen molar-refractivity contribution in [2.75, 3.05) is 6.54 Å². The third kappa shape index (κ3) is 4.75. The fourth-order valence-electron chi connectivity index (χ4n) is 5.94. The van der Waals surface area contributed by atoms with Crippen molar-refractivity contribution in [2.24, 2.45) is 5.92 Å². The first-order valence-electron chi connectivity index (χ1n) is 13.8. The number of halogens is 1. The molecule has 0 spiro atoms. The number of aromatic nitrogens is 6. The van der Waals surface area contributed by atoms with E-state index in [1.807, 2.05) is 31.6 Å². The van der Waals surface area contributed by atoms with Gasteiger partial charge in [-0.3, -0.25) is 20.1 Å². The van der Waals surface area contributed by atoms with Crippen LogP contribution in [0.5, 0.6) is 0 Å². The molecule has 0 unspecified atom stereocenters. The second-order valence-corrected chi connectivity index (χ2v) is 10.9. The maximum absolute atomic E-state index is 14.2. The highest BCUT2D eigenvalue weighted by Crippen LogP contribution is 2.35. The Balaban J connectivity index is 1.21. The summed E-state index contributed by atoms with van der Waals surface area (Å²) in [4.78, 5) is 17.1. The van der Waals surface area contributed by atoms with Crippen LogP contribution in [-0.4, -0.2) is 36.7 Å². The van der Waals surface area contributed by atoms with Crippen LogP contribution < -0.4 is 5.32 Å². The molecule has 0 amide bonds. The molecule has 200 valence electrons. The van der Waals surface area contributed by atoms with Gasteiger partial charge in [0.15, 0.2) is 0 Å². The zero-order chi connectivity index (χ0) is 27.1. The van der Waals surface area contributed by atoms with E-state index in [0.717, 1.165) is 85.7 Å². The molecule has 40 heavy (non-hydrogen) atoms. The maximum Gasteiger partial charge on any atom is 0.124 e. The van der Waals surface area contributed by atoms with Gasteiger partial charge in [0.1, 0.15) is 11.5 Å². The van der Waals surface area contributed by atoms with E-state index in [1.165, 1.54) is 31.7 Å². The van der Waals surface area contributed by atoms with Crippen LogP contribution in [0.2, 0.25) is 0 Å².